The lowest BCUT2D eigenvalue weighted by Crippen LogP contribution is -2.13. The molecule has 0 aliphatic rings. The molecule has 0 aliphatic heterocycles. The molecule has 0 spiro atoms. The first-order valence-corrected chi connectivity index (χ1v) is 5.19. The van der Waals surface area contributed by atoms with Crippen LogP contribution in [-0.2, 0) is 11.8 Å². The Kier molecular flexibility index (Phi) is 4.09. The highest BCUT2D eigenvalue weighted by atomic mass is 16.5. The predicted molar refractivity (Wildman–Crippen MR) is 65.3 cm³/mol. The van der Waals surface area contributed by atoms with Crippen LogP contribution in [0.2, 0.25) is 0 Å². The molecule has 0 saturated carbocycles. The first kappa shape index (κ1) is 13.0. The van der Waals surface area contributed by atoms with Crippen molar-refractivity contribution in [1.82, 2.24) is 4.57 Å². The summed E-state index contributed by atoms with van der Waals surface area (Å²) in [5.74, 6) is -0.0440. The van der Waals surface area contributed by atoms with Crippen LogP contribution in [-0.4, -0.2) is 23.1 Å². The van der Waals surface area contributed by atoms with Crippen molar-refractivity contribution in [1.29, 1.82) is 0 Å². The van der Waals surface area contributed by atoms with Crippen LogP contribution in [0.25, 0.3) is 0 Å². The van der Waals surface area contributed by atoms with Crippen molar-refractivity contribution in [2.75, 3.05) is 11.9 Å². The number of rotatable bonds is 4. The topological polar surface area (TPSA) is 60.3 Å². The summed E-state index contributed by atoms with van der Waals surface area (Å²) in [5.41, 5.74) is 1.88. The molecule has 1 heterocycles. The van der Waals surface area contributed by atoms with Gasteiger partial charge in [0, 0.05) is 25.7 Å². The highest BCUT2D eigenvalue weighted by Crippen LogP contribution is 2.21. The van der Waals surface area contributed by atoms with Crippen molar-refractivity contribution in [2.45, 2.75) is 13.8 Å². The van der Waals surface area contributed by atoms with E-state index >= 15 is 0 Å². The summed E-state index contributed by atoms with van der Waals surface area (Å²) in [6.07, 6.45) is 2.60. The number of ether oxygens (including phenoxy) is 1. The molecular weight excluding hydrogens is 220 g/mol. The molecule has 1 aromatic heterocycles. The quantitative estimate of drug-likeness (QED) is 0.644. The van der Waals surface area contributed by atoms with Crippen molar-refractivity contribution < 1.29 is 14.3 Å². The van der Waals surface area contributed by atoms with Gasteiger partial charge in [0.1, 0.15) is 6.61 Å². The number of hydrogen-bond acceptors (Lipinski definition) is 3. The van der Waals surface area contributed by atoms with Crippen molar-refractivity contribution >= 4 is 17.6 Å². The Morgan fingerprint density at radius 3 is 2.71 bits per heavy atom. The SMILES string of the molecule is C=CCOC(=O)Nc1cn(C)c(C(C)=O)c1C. The molecule has 1 N–H and O–H groups in total. The number of nitrogens with zero attached hydrogens (tertiary/aromatic N) is 1. The molecule has 17 heavy (non-hydrogen) atoms. The van der Waals surface area contributed by atoms with Crippen molar-refractivity contribution in [3.63, 3.8) is 0 Å². The molecule has 0 saturated heterocycles. The number of aromatic nitrogens is 1. The lowest BCUT2D eigenvalue weighted by molar-refractivity contribution is 0.100. The van der Waals surface area contributed by atoms with Gasteiger partial charge in [0.15, 0.2) is 5.78 Å². The highest BCUT2D eigenvalue weighted by Gasteiger charge is 2.15. The summed E-state index contributed by atoms with van der Waals surface area (Å²) >= 11 is 0. The monoisotopic (exact) mass is 236 g/mol. The van der Waals surface area contributed by atoms with Gasteiger partial charge >= 0.3 is 6.09 Å². The number of nitrogens with one attached hydrogen (secondary N) is 1. The zero-order chi connectivity index (χ0) is 13.0. The molecule has 0 unspecified atom stereocenters. The third kappa shape index (κ3) is 2.96. The van der Waals surface area contributed by atoms with E-state index in [2.05, 4.69) is 11.9 Å². The van der Waals surface area contributed by atoms with Crippen molar-refractivity contribution in [3.8, 4) is 0 Å². The van der Waals surface area contributed by atoms with Gasteiger partial charge in [0.2, 0.25) is 0 Å². The molecule has 0 aliphatic carbocycles. The first-order valence-electron chi connectivity index (χ1n) is 5.19. The summed E-state index contributed by atoms with van der Waals surface area (Å²) in [7, 11) is 1.75. The zero-order valence-electron chi connectivity index (χ0n) is 10.2. The van der Waals surface area contributed by atoms with Gasteiger partial charge in [0.25, 0.3) is 0 Å². The number of carbonyl (C=O) groups is 2. The smallest absolute Gasteiger partial charge is 0.411 e. The van der Waals surface area contributed by atoms with E-state index in [1.165, 1.54) is 13.0 Å². The van der Waals surface area contributed by atoms with Gasteiger partial charge < -0.3 is 9.30 Å². The maximum absolute atomic E-state index is 11.4. The number of hydrogen-bond donors (Lipinski definition) is 1. The number of anilines is 1. The van der Waals surface area contributed by atoms with Crippen LogP contribution in [0.3, 0.4) is 0 Å². The minimum absolute atomic E-state index is 0.0440. The van der Waals surface area contributed by atoms with Gasteiger partial charge in [-0.1, -0.05) is 12.7 Å². The van der Waals surface area contributed by atoms with E-state index in [0.717, 1.165) is 5.56 Å². The fourth-order valence-corrected chi connectivity index (χ4v) is 1.67. The second-order valence-corrected chi connectivity index (χ2v) is 3.70. The molecule has 0 radical (unpaired) electrons. The minimum atomic E-state index is -0.561. The predicted octanol–water partition coefficient (Wildman–Crippen LogP) is 2.27. The van der Waals surface area contributed by atoms with E-state index in [1.54, 1.807) is 24.7 Å². The van der Waals surface area contributed by atoms with Gasteiger partial charge in [0.05, 0.1) is 11.4 Å². The molecule has 1 aromatic rings. The van der Waals surface area contributed by atoms with E-state index < -0.39 is 6.09 Å². The number of carbonyl (C=O) groups excluding carboxylic acids is 2. The summed E-state index contributed by atoms with van der Waals surface area (Å²) in [4.78, 5) is 22.7. The lowest BCUT2D eigenvalue weighted by atomic mass is 10.2. The van der Waals surface area contributed by atoms with Crippen LogP contribution in [0, 0.1) is 6.92 Å². The van der Waals surface area contributed by atoms with Gasteiger partial charge in [-0.25, -0.2) is 4.79 Å². The Hall–Kier alpha value is -2.04. The van der Waals surface area contributed by atoms with Crippen LogP contribution >= 0.6 is 0 Å². The lowest BCUT2D eigenvalue weighted by Gasteiger charge is -2.04. The Morgan fingerprint density at radius 2 is 2.24 bits per heavy atom. The van der Waals surface area contributed by atoms with Crippen LogP contribution in [0.4, 0.5) is 10.5 Å². The van der Waals surface area contributed by atoms with E-state index in [-0.39, 0.29) is 12.4 Å². The average molecular weight is 236 g/mol. The van der Waals surface area contributed by atoms with E-state index in [9.17, 15) is 9.59 Å². The van der Waals surface area contributed by atoms with Gasteiger partial charge in [-0.3, -0.25) is 10.1 Å². The molecule has 0 atom stereocenters. The Morgan fingerprint density at radius 1 is 1.59 bits per heavy atom. The van der Waals surface area contributed by atoms with Crippen LogP contribution in [0.15, 0.2) is 18.9 Å². The second kappa shape index (κ2) is 5.34. The average Bonchev–Trinajstić information content (AvgIpc) is 2.51. The number of Topliss-reactive ketones (excluding diaryl/α,β-unsaturated/α-hetero) is 1. The summed E-state index contributed by atoms with van der Waals surface area (Å²) in [6.45, 7) is 6.86. The van der Waals surface area contributed by atoms with E-state index in [1.807, 2.05) is 0 Å². The highest BCUT2D eigenvalue weighted by molar-refractivity contribution is 5.97. The molecule has 1 amide bonds. The molecule has 5 heteroatoms. The molecule has 5 nitrogen and oxygen atoms in total. The third-order valence-electron chi connectivity index (χ3n) is 2.34. The first-order chi connectivity index (χ1) is 7.97. The number of amides is 1. The number of ketones is 1. The number of aryl methyl sites for hydroxylation is 1. The van der Waals surface area contributed by atoms with Crippen molar-refractivity contribution in [3.05, 3.63) is 30.1 Å². The van der Waals surface area contributed by atoms with E-state index in [0.29, 0.717) is 11.4 Å². The van der Waals surface area contributed by atoms with E-state index in [4.69, 9.17) is 4.74 Å². The standard InChI is InChI=1S/C12H16N2O3/c1-5-6-17-12(16)13-10-7-14(4)11(8(10)2)9(3)15/h5,7H,1,6H2,2-4H3,(H,13,16). The zero-order valence-corrected chi connectivity index (χ0v) is 10.2. The fourth-order valence-electron chi connectivity index (χ4n) is 1.67. The second-order valence-electron chi connectivity index (χ2n) is 3.70. The van der Waals surface area contributed by atoms with Crippen LogP contribution < -0.4 is 5.32 Å². The fraction of sp³-hybridized carbons (Fsp3) is 0.333. The van der Waals surface area contributed by atoms with Gasteiger partial charge in [-0.2, -0.15) is 0 Å². The molecule has 0 fully saturated rings. The maximum atomic E-state index is 11.4. The summed E-state index contributed by atoms with van der Waals surface area (Å²) in [5, 5.41) is 2.58. The van der Waals surface area contributed by atoms with Crippen LogP contribution in [0.5, 0.6) is 0 Å². The van der Waals surface area contributed by atoms with Gasteiger partial charge in [-0.05, 0) is 6.92 Å². The largest absolute Gasteiger partial charge is 0.445 e. The normalized spacial score (nSPS) is 9.82. The third-order valence-corrected chi connectivity index (χ3v) is 2.34. The Balaban J connectivity index is 2.86. The van der Waals surface area contributed by atoms with Gasteiger partial charge in [-0.15, -0.1) is 0 Å². The minimum Gasteiger partial charge on any atom is -0.445 e. The van der Waals surface area contributed by atoms with Crippen molar-refractivity contribution in [2.24, 2.45) is 7.05 Å². The molecule has 0 aromatic carbocycles. The van der Waals surface area contributed by atoms with Crippen LogP contribution in [0.1, 0.15) is 23.0 Å². The Labute approximate surface area is 100 Å². The summed E-state index contributed by atoms with van der Waals surface area (Å²) in [6, 6.07) is 0. The molecule has 92 valence electrons. The molecule has 1 rings (SSSR count). The molecular formula is C12H16N2O3. The maximum Gasteiger partial charge on any atom is 0.411 e. The molecule has 0 bridgehead atoms. The Bertz CT molecular complexity index is 461. The summed E-state index contributed by atoms with van der Waals surface area (Å²) < 4.78 is 6.48.